The third-order valence-electron chi connectivity index (χ3n) is 9.55. The van der Waals surface area contributed by atoms with Crippen LogP contribution in [0.4, 0.5) is 0 Å². The second-order valence-corrected chi connectivity index (χ2v) is 13.6. The van der Waals surface area contributed by atoms with Crippen LogP contribution in [-0.4, -0.2) is 64.2 Å². The van der Waals surface area contributed by atoms with Crippen LogP contribution in [-0.2, 0) is 16.0 Å². The molecule has 2 amide bonds. The number of halogens is 1. The molecule has 5 aromatic rings. The number of rotatable bonds is 11. The highest BCUT2D eigenvalue weighted by Gasteiger charge is 2.48. The van der Waals surface area contributed by atoms with Crippen LogP contribution < -0.4 is 15.4 Å². The predicted octanol–water partition coefficient (Wildman–Crippen LogP) is 6.45. The Kier molecular flexibility index (Phi) is 9.46. The number of epoxide rings is 1. The molecule has 10 nitrogen and oxygen atoms in total. The van der Waals surface area contributed by atoms with Gasteiger partial charge in [-0.2, -0.15) is 0 Å². The maximum Gasteiger partial charge on any atom is 0.251 e. The minimum absolute atomic E-state index is 0.0274. The van der Waals surface area contributed by atoms with Crippen molar-refractivity contribution < 1.29 is 19.1 Å². The van der Waals surface area contributed by atoms with Crippen molar-refractivity contribution >= 4 is 29.1 Å². The molecule has 51 heavy (non-hydrogen) atoms. The van der Waals surface area contributed by atoms with Gasteiger partial charge < -0.3 is 20.1 Å². The van der Waals surface area contributed by atoms with Gasteiger partial charge in [0.05, 0.1) is 36.6 Å². The van der Waals surface area contributed by atoms with Gasteiger partial charge in [-0.05, 0) is 79.9 Å². The molecule has 2 aliphatic heterocycles. The van der Waals surface area contributed by atoms with Gasteiger partial charge in [-0.1, -0.05) is 60.1 Å². The van der Waals surface area contributed by atoms with E-state index in [2.05, 4.69) is 46.8 Å². The molecule has 1 aromatic heterocycles. The Morgan fingerprint density at radius 1 is 0.922 bits per heavy atom. The van der Waals surface area contributed by atoms with Crippen LogP contribution in [0.1, 0.15) is 65.0 Å². The van der Waals surface area contributed by atoms with Crippen LogP contribution in [0.5, 0.6) is 5.75 Å². The number of ether oxygens (including phenoxy) is 2. The highest BCUT2D eigenvalue weighted by molar-refractivity contribution is 6.30. The van der Waals surface area contributed by atoms with E-state index in [4.69, 9.17) is 26.1 Å². The molecule has 3 unspecified atom stereocenters. The summed E-state index contributed by atoms with van der Waals surface area (Å²) in [5, 5.41) is 15.3. The van der Waals surface area contributed by atoms with Gasteiger partial charge in [0, 0.05) is 41.2 Å². The second-order valence-electron chi connectivity index (χ2n) is 13.2. The van der Waals surface area contributed by atoms with Gasteiger partial charge in [-0.3, -0.25) is 19.1 Å². The number of hydrogen-bond acceptors (Lipinski definition) is 7. The zero-order valence-corrected chi connectivity index (χ0v) is 29.7. The molecule has 4 aromatic carbocycles. The fourth-order valence-electron chi connectivity index (χ4n) is 6.57. The van der Waals surface area contributed by atoms with Gasteiger partial charge >= 0.3 is 0 Å². The molecule has 260 valence electrons. The van der Waals surface area contributed by atoms with E-state index in [1.165, 1.54) is 5.56 Å². The Morgan fingerprint density at radius 2 is 1.65 bits per heavy atom. The van der Waals surface area contributed by atoms with Gasteiger partial charge in [-0.15, -0.1) is 10.2 Å². The molecule has 3 heterocycles. The first-order valence-electron chi connectivity index (χ1n) is 17.0. The average molecular weight is 703 g/mol. The number of carbonyl (C=O) groups is 2. The number of amides is 2. The monoisotopic (exact) mass is 702 g/mol. The Bertz CT molecular complexity index is 2150. The third kappa shape index (κ3) is 7.29. The number of hydrogen-bond donors (Lipinski definition) is 2. The Hall–Kier alpha value is -5.32. The quantitative estimate of drug-likeness (QED) is 0.120. The van der Waals surface area contributed by atoms with Crippen molar-refractivity contribution in [2.75, 3.05) is 20.2 Å². The minimum atomic E-state index is -0.630. The van der Waals surface area contributed by atoms with Crippen LogP contribution in [0, 0.1) is 6.92 Å². The minimum Gasteiger partial charge on any atom is -0.497 e. The summed E-state index contributed by atoms with van der Waals surface area (Å²) in [5.74, 6) is 1.45. The summed E-state index contributed by atoms with van der Waals surface area (Å²) >= 11 is 6.21. The van der Waals surface area contributed by atoms with Gasteiger partial charge in [0.25, 0.3) is 5.91 Å². The molecule has 1 saturated heterocycles. The lowest BCUT2D eigenvalue weighted by Crippen LogP contribution is -2.35. The van der Waals surface area contributed by atoms with E-state index in [-0.39, 0.29) is 43.0 Å². The summed E-state index contributed by atoms with van der Waals surface area (Å²) in [6.45, 7) is 6.59. The number of aromatic nitrogens is 3. The van der Waals surface area contributed by atoms with Crippen molar-refractivity contribution in [3.8, 4) is 22.6 Å². The number of carbonyl (C=O) groups excluding carboxylic acids is 2. The predicted molar refractivity (Wildman–Crippen MR) is 197 cm³/mol. The molecule has 0 aliphatic carbocycles. The lowest BCUT2D eigenvalue weighted by Gasteiger charge is -2.14. The topological polar surface area (TPSA) is 123 Å². The first-order chi connectivity index (χ1) is 24.6. The van der Waals surface area contributed by atoms with Gasteiger partial charge in [0.1, 0.15) is 17.6 Å². The maximum atomic E-state index is 13.4. The summed E-state index contributed by atoms with van der Waals surface area (Å²) in [6, 6.07) is 28.5. The van der Waals surface area contributed by atoms with E-state index >= 15 is 0 Å². The summed E-state index contributed by atoms with van der Waals surface area (Å²) in [5.41, 5.74) is 6.80. The van der Waals surface area contributed by atoms with Crippen molar-refractivity contribution in [1.82, 2.24) is 25.4 Å². The van der Waals surface area contributed by atoms with Crippen LogP contribution in [0.25, 0.3) is 16.8 Å². The number of fused-ring (bicyclic) bond motifs is 3. The smallest absolute Gasteiger partial charge is 0.251 e. The molecular weight excluding hydrogens is 664 g/mol. The molecule has 0 bridgehead atoms. The molecule has 1 fully saturated rings. The summed E-state index contributed by atoms with van der Waals surface area (Å²) < 4.78 is 13.3. The summed E-state index contributed by atoms with van der Waals surface area (Å²) in [7, 11) is 1.62. The summed E-state index contributed by atoms with van der Waals surface area (Å²) in [4.78, 5) is 31.6. The Morgan fingerprint density at radius 3 is 2.39 bits per heavy atom. The molecule has 11 heteroatoms. The van der Waals surface area contributed by atoms with E-state index in [0.29, 0.717) is 33.7 Å². The van der Waals surface area contributed by atoms with E-state index < -0.39 is 6.04 Å². The van der Waals surface area contributed by atoms with Crippen molar-refractivity contribution in [3.63, 3.8) is 0 Å². The fraction of sp³-hybridized carbons (Fsp3) is 0.275. The van der Waals surface area contributed by atoms with Crippen molar-refractivity contribution in [3.05, 3.63) is 130 Å². The van der Waals surface area contributed by atoms with E-state index in [0.717, 1.165) is 34.4 Å². The maximum absolute atomic E-state index is 13.4. The summed E-state index contributed by atoms with van der Waals surface area (Å²) in [6.07, 6.45) is 1.12. The lowest BCUT2D eigenvalue weighted by atomic mass is 9.95. The average Bonchev–Trinajstić information content (AvgIpc) is 3.59. The standard InChI is InChI=1S/C40H39ClN6O4/c1-24-40(3,51-24)23-26-7-5-8-28(19-26)29-9-6-10-30(20-29)39(49)43-18-17-42-36(48)22-34-38-46-45-25(2)47(38)35-16-15-32(50-4)21-33(35)37(44-34)27-11-13-31(41)14-12-27/h5-16,19-21,24,34H,17-18,22-23H2,1-4H3,(H,42,48)(H,43,49). The number of nitrogens with one attached hydrogen (secondary N) is 2. The number of methoxy groups -OCH3 is 1. The van der Waals surface area contributed by atoms with Crippen LogP contribution in [0.3, 0.4) is 0 Å². The number of nitrogens with zero attached hydrogens (tertiary/aromatic N) is 4. The third-order valence-corrected chi connectivity index (χ3v) is 9.80. The van der Waals surface area contributed by atoms with Crippen molar-refractivity contribution in [1.29, 1.82) is 0 Å². The zero-order chi connectivity index (χ0) is 35.7. The fourth-order valence-corrected chi connectivity index (χ4v) is 6.69. The highest BCUT2D eigenvalue weighted by Crippen LogP contribution is 2.39. The Balaban J connectivity index is 1.02. The SMILES string of the molecule is COc1ccc2c(c1)C(c1ccc(Cl)cc1)=NC(CC(=O)NCCNC(=O)c1cccc(-c3cccc(CC4(C)OC4C)c3)c1)c1nnc(C)n1-2. The molecule has 0 saturated carbocycles. The first kappa shape index (κ1) is 34.1. The van der Waals surface area contributed by atoms with Crippen molar-refractivity contribution in [2.24, 2.45) is 4.99 Å². The lowest BCUT2D eigenvalue weighted by molar-refractivity contribution is -0.121. The second kappa shape index (κ2) is 14.1. The number of aryl methyl sites for hydroxylation is 1. The van der Waals surface area contributed by atoms with Crippen LogP contribution >= 0.6 is 11.6 Å². The molecule has 0 radical (unpaired) electrons. The van der Waals surface area contributed by atoms with Gasteiger partial charge in [0.15, 0.2) is 5.82 Å². The van der Waals surface area contributed by atoms with E-state index in [1.807, 2.05) is 84.3 Å². The zero-order valence-electron chi connectivity index (χ0n) is 28.9. The first-order valence-corrected chi connectivity index (χ1v) is 17.4. The molecule has 2 aliphatic rings. The van der Waals surface area contributed by atoms with E-state index in [1.54, 1.807) is 13.2 Å². The molecule has 2 N–H and O–H groups in total. The van der Waals surface area contributed by atoms with Crippen LogP contribution in [0.15, 0.2) is 96.0 Å². The van der Waals surface area contributed by atoms with E-state index in [9.17, 15) is 9.59 Å². The molecular formula is C40H39ClN6O4. The molecule has 3 atom stereocenters. The normalized spacial score (nSPS) is 18.9. The molecule has 7 rings (SSSR count). The Labute approximate surface area is 301 Å². The molecule has 0 spiro atoms. The van der Waals surface area contributed by atoms with Crippen LogP contribution in [0.2, 0.25) is 5.02 Å². The number of aliphatic imine (C=N–C) groups is 1. The highest BCUT2D eigenvalue weighted by atomic mass is 35.5. The van der Waals surface area contributed by atoms with Crippen molar-refractivity contribution in [2.45, 2.75) is 51.4 Å². The number of benzene rings is 4. The largest absolute Gasteiger partial charge is 0.497 e. The van der Waals surface area contributed by atoms with Gasteiger partial charge in [0.2, 0.25) is 5.91 Å². The van der Waals surface area contributed by atoms with Gasteiger partial charge in [-0.25, -0.2) is 0 Å².